The standard InChI is InChI=1S/C11H15NO/c1-9-3-2-4-10(7-9)5-6-11(13)8-12/h2-7,11,13H,8,12H2,1H3/b6-5+. The van der Waals surface area contributed by atoms with Gasteiger partial charge in [-0.05, 0) is 12.5 Å². The summed E-state index contributed by atoms with van der Waals surface area (Å²) in [6.07, 6.45) is 3.04. The molecule has 1 rings (SSSR count). The molecule has 70 valence electrons. The van der Waals surface area contributed by atoms with E-state index in [1.54, 1.807) is 6.08 Å². The third-order valence-corrected chi connectivity index (χ3v) is 1.79. The molecule has 0 aliphatic heterocycles. The minimum Gasteiger partial charge on any atom is -0.388 e. The van der Waals surface area contributed by atoms with E-state index >= 15 is 0 Å². The van der Waals surface area contributed by atoms with Gasteiger partial charge in [0.2, 0.25) is 0 Å². The van der Waals surface area contributed by atoms with Gasteiger partial charge in [0.15, 0.2) is 0 Å². The van der Waals surface area contributed by atoms with Crippen molar-refractivity contribution < 1.29 is 5.11 Å². The summed E-state index contributed by atoms with van der Waals surface area (Å²) >= 11 is 0. The van der Waals surface area contributed by atoms with E-state index in [9.17, 15) is 5.11 Å². The summed E-state index contributed by atoms with van der Waals surface area (Å²) in [6, 6.07) is 8.08. The van der Waals surface area contributed by atoms with Crippen LogP contribution in [0.3, 0.4) is 0 Å². The van der Waals surface area contributed by atoms with Crippen LogP contribution in [0.2, 0.25) is 0 Å². The molecule has 2 nitrogen and oxygen atoms in total. The summed E-state index contributed by atoms with van der Waals surface area (Å²) in [7, 11) is 0. The van der Waals surface area contributed by atoms with Crippen molar-refractivity contribution in [2.45, 2.75) is 13.0 Å². The van der Waals surface area contributed by atoms with Crippen molar-refractivity contribution in [2.24, 2.45) is 5.73 Å². The van der Waals surface area contributed by atoms with Crippen LogP contribution in [0.4, 0.5) is 0 Å². The minimum absolute atomic E-state index is 0.266. The van der Waals surface area contributed by atoms with Crippen molar-refractivity contribution in [3.05, 3.63) is 41.5 Å². The first-order valence-electron chi connectivity index (χ1n) is 4.35. The molecule has 0 spiro atoms. The second-order valence-corrected chi connectivity index (χ2v) is 3.08. The molecule has 0 saturated heterocycles. The van der Waals surface area contributed by atoms with Crippen LogP contribution in [-0.2, 0) is 0 Å². The number of nitrogens with two attached hydrogens (primary N) is 1. The maximum atomic E-state index is 9.18. The number of benzene rings is 1. The first-order valence-corrected chi connectivity index (χ1v) is 4.35. The van der Waals surface area contributed by atoms with Gasteiger partial charge < -0.3 is 10.8 Å². The zero-order chi connectivity index (χ0) is 9.68. The molecule has 0 fully saturated rings. The lowest BCUT2D eigenvalue weighted by Crippen LogP contribution is -2.16. The van der Waals surface area contributed by atoms with Crippen molar-refractivity contribution in [3.63, 3.8) is 0 Å². The van der Waals surface area contributed by atoms with Crippen molar-refractivity contribution >= 4 is 6.08 Å². The zero-order valence-electron chi connectivity index (χ0n) is 7.77. The summed E-state index contributed by atoms with van der Waals surface area (Å²) < 4.78 is 0. The Morgan fingerprint density at radius 3 is 2.92 bits per heavy atom. The van der Waals surface area contributed by atoms with Gasteiger partial charge >= 0.3 is 0 Å². The summed E-state index contributed by atoms with van der Waals surface area (Å²) in [6.45, 7) is 2.30. The number of aryl methyl sites for hydroxylation is 1. The van der Waals surface area contributed by atoms with Crippen molar-refractivity contribution in [1.29, 1.82) is 0 Å². The first-order chi connectivity index (χ1) is 6.22. The average molecular weight is 177 g/mol. The van der Waals surface area contributed by atoms with Gasteiger partial charge in [-0.2, -0.15) is 0 Å². The van der Waals surface area contributed by atoms with Crippen LogP contribution in [0.15, 0.2) is 30.3 Å². The molecule has 1 aromatic rings. The lowest BCUT2D eigenvalue weighted by molar-refractivity contribution is 0.232. The van der Waals surface area contributed by atoms with Gasteiger partial charge in [0.25, 0.3) is 0 Å². The fraction of sp³-hybridized carbons (Fsp3) is 0.273. The molecular weight excluding hydrogens is 162 g/mol. The van der Waals surface area contributed by atoms with E-state index in [1.807, 2.05) is 31.2 Å². The molecule has 0 bridgehead atoms. The highest BCUT2D eigenvalue weighted by Crippen LogP contribution is 2.05. The SMILES string of the molecule is Cc1cccc(/C=C/C(O)CN)c1. The Hall–Kier alpha value is -1.12. The zero-order valence-corrected chi connectivity index (χ0v) is 7.77. The van der Waals surface area contributed by atoms with Gasteiger partial charge in [-0.1, -0.05) is 42.0 Å². The molecule has 1 aromatic carbocycles. The number of rotatable bonds is 3. The summed E-state index contributed by atoms with van der Waals surface area (Å²) in [5.41, 5.74) is 7.57. The Bertz CT molecular complexity index is 294. The van der Waals surface area contributed by atoms with Crippen LogP contribution >= 0.6 is 0 Å². The molecule has 0 aliphatic carbocycles. The number of aliphatic hydroxyl groups is 1. The average Bonchev–Trinajstić information content (AvgIpc) is 2.14. The van der Waals surface area contributed by atoms with E-state index in [0.29, 0.717) is 0 Å². The van der Waals surface area contributed by atoms with E-state index in [4.69, 9.17) is 5.73 Å². The van der Waals surface area contributed by atoms with E-state index in [-0.39, 0.29) is 6.54 Å². The Morgan fingerprint density at radius 1 is 1.54 bits per heavy atom. The molecule has 13 heavy (non-hydrogen) atoms. The van der Waals surface area contributed by atoms with Crippen molar-refractivity contribution in [3.8, 4) is 0 Å². The molecule has 0 radical (unpaired) electrons. The Kier molecular flexibility index (Phi) is 3.68. The van der Waals surface area contributed by atoms with Crippen LogP contribution in [0.25, 0.3) is 6.08 Å². The summed E-state index contributed by atoms with van der Waals surface area (Å²) in [4.78, 5) is 0. The normalized spacial score (nSPS) is 13.5. The van der Waals surface area contributed by atoms with E-state index in [1.165, 1.54) is 5.56 Å². The van der Waals surface area contributed by atoms with Gasteiger partial charge in [-0.25, -0.2) is 0 Å². The van der Waals surface area contributed by atoms with Crippen LogP contribution in [-0.4, -0.2) is 17.8 Å². The molecule has 0 saturated carbocycles. The van der Waals surface area contributed by atoms with Gasteiger partial charge in [-0.3, -0.25) is 0 Å². The third-order valence-electron chi connectivity index (χ3n) is 1.79. The number of hydrogen-bond acceptors (Lipinski definition) is 2. The second kappa shape index (κ2) is 4.80. The Labute approximate surface area is 78.7 Å². The fourth-order valence-electron chi connectivity index (χ4n) is 1.07. The highest BCUT2D eigenvalue weighted by atomic mass is 16.3. The highest BCUT2D eigenvalue weighted by molar-refractivity contribution is 5.50. The maximum Gasteiger partial charge on any atom is 0.0846 e. The lowest BCUT2D eigenvalue weighted by atomic mass is 10.1. The largest absolute Gasteiger partial charge is 0.388 e. The van der Waals surface area contributed by atoms with Crippen molar-refractivity contribution in [1.82, 2.24) is 0 Å². The van der Waals surface area contributed by atoms with E-state index in [0.717, 1.165) is 5.56 Å². The Morgan fingerprint density at radius 2 is 2.31 bits per heavy atom. The first kappa shape index (κ1) is 9.96. The molecule has 0 aliphatic rings. The predicted octanol–water partition coefficient (Wildman–Crippen LogP) is 1.33. The maximum absolute atomic E-state index is 9.18. The monoisotopic (exact) mass is 177 g/mol. The molecule has 0 aromatic heterocycles. The second-order valence-electron chi connectivity index (χ2n) is 3.08. The molecule has 2 heteroatoms. The molecule has 1 atom stereocenters. The van der Waals surface area contributed by atoms with Crippen molar-refractivity contribution in [2.75, 3.05) is 6.54 Å². The van der Waals surface area contributed by atoms with Crippen LogP contribution in [0.1, 0.15) is 11.1 Å². The third kappa shape index (κ3) is 3.40. The molecule has 1 unspecified atom stereocenters. The van der Waals surface area contributed by atoms with Gasteiger partial charge in [0.05, 0.1) is 6.10 Å². The quantitative estimate of drug-likeness (QED) is 0.731. The molecule has 0 amide bonds. The molecular formula is C11H15NO. The minimum atomic E-state index is -0.541. The molecule has 0 heterocycles. The number of hydrogen-bond donors (Lipinski definition) is 2. The van der Waals surface area contributed by atoms with Gasteiger partial charge in [0.1, 0.15) is 0 Å². The van der Waals surface area contributed by atoms with Crippen LogP contribution in [0, 0.1) is 6.92 Å². The van der Waals surface area contributed by atoms with E-state index in [2.05, 4.69) is 6.07 Å². The van der Waals surface area contributed by atoms with Gasteiger partial charge in [0, 0.05) is 6.54 Å². The molecule has 3 N–H and O–H groups in total. The predicted molar refractivity (Wildman–Crippen MR) is 55.3 cm³/mol. The van der Waals surface area contributed by atoms with E-state index < -0.39 is 6.10 Å². The lowest BCUT2D eigenvalue weighted by Gasteiger charge is -1.99. The van der Waals surface area contributed by atoms with Gasteiger partial charge in [-0.15, -0.1) is 0 Å². The summed E-state index contributed by atoms with van der Waals surface area (Å²) in [5, 5.41) is 9.18. The number of aliphatic hydroxyl groups excluding tert-OH is 1. The topological polar surface area (TPSA) is 46.2 Å². The highest BCUT2D eigenvalue weighted by Gasteiger charge is 1.93. The smallest absolute Gasteiger partial charge is 0.0846 e. The summed E-state index contributed by atoms with van der Waals surface area (Å²) in [5.74, 6) is 0. The van der Waals surface area contributed by atoms with Crippen LogP contribution in [0.5, 0.6) is 0 Å². The fourth-order valence-corrected chi connectivity index (χ4v) is 1.07. The Balaban J connectivity index is 2.68. The van der Waals surface area contributed by atoms with Crippen LogP contribution < -0.4 is 5.73 Å².